The Labute approximate surface area is 194 Å². The summed E-state index contributed by atoms with van der Waals surface area (Å²) in [7, 11) is 0. The molecule has 0 amide bonds. The van der Waals surface area contributed by atoms with E-state index in [0.717, 1.165) is 0 Å². The molecule has 0 saturated carbocycles. The highest BCUT2D eigenvalue weighted by molar-refractivity contribution is 5.80. The van der Waals surface area contributed by atoms with Crippen LogP contribution < -0.4 is 15.2 Å². The van der Waals surface area contributed by atoms with Crippen molar-refractivity contribution in [1.29, 1.82) is 0 Å². The van der Waals surface area contributed by atoms with Crippen LogP contribution in [0.15, 0.2) is 18.2 Å². The molecule has 0 aliphatic carbocycles. The van der Waals surface area contributed by atoms with Crippen LogP contribution in [0.1, 0.15) is 72.8 Å². The highest BCUT2D eigenvalue weighted by Crippen LogP contribution is 2.32. The quantitative estimate of drug-likeness (QED) is 0.351. The first-order chi connectivity index (χ1) is 15.3. The number of carboxylic acids is 1. The van der Waals surface area contributed by atoms with E-state index in [0.29, 0.717) is 12.0 Å². The van der Waals surface area contributed by atoms with Crippen molar-refractivity contribution >= 4 is 23.9 Å². The molecule has 2 atom stereocenters. The number of aliphatic carboxylic acids is 1. The fourth-order valence-electron chi connectivity index (χ4n) is 2.86. The average Bonchev–Trinajstić information content (AvgIpc) is 2.74. The van der Waals surface area contributed by atoms with E-state index in [4.69, 9.17) is 19.9 Å². The summed E-state index contributed by atoms with van der Waals surface area (Å²) in [6.45, 7) is 10.2. The number of hydrogen-bond acceptors (Lipinski definition) is 8. The van der Waals surface area contributed by atoms with Gasteiger partial charge in [0.15, 0.2) is 11.5 Å². The van der Waals surface area contributed by atoms with Crippen molar-refractivity contribution in [3.8, 4) is 11.5 Å². The van der Waals surface area contributed by atoms with Crippen molar-refractivity contribution in [3.05, 3.63) is 23.8 Å². The molecular weight excluding hydrogens is 430 g/mol. The Kier molecular flexibility index (Phi) is 10.0. The number of rotatable bonds is 12. The Morgan fingerprint density at radius 1 is 1.00 bits per heavy atom. The number of benzene rings is 1. The van der Waals surface area contributed by atoms with Gasteiger partial charge >= 0.3 is 23.9 Å². The molecule has 33 heavy (non-hydrogen) atoms. The molecule has 184 valence electrons. The van der Waals surface area contributed by atoms with E-state index in [1.807, 2.05) is 6.92 Å². The maximum absolute atomic E-state index is 12.3. The summed E-state index contributed by atoms with van der Waals surface area (Å²) in [5, 5.41) is 9.82. The first-order valence-corrected chi connectivity index (χ1v) is 11.1. The minimum atomic E-state index is -1.76. The Morgan fingerprint density at radius 3 is 2.03 bits per heavy atom. The zero-order valence-electron chi connectivity index (χ0n) is 20.2. The van der Waals surface area contributed by atoms with Gasteiger partial charge in [0.25, 0.3) is 0 Å². The first-order valence-electron chi connectivity index (χ1n) is 11.1. The van der Waals surface area contributed by atoms with E-state index in [2.05, 4.69) is 0 Å². The molecule has 0 aliphatic rings. The normalized spacial score (nSPS) is 14.0. The van der Waals surface area contributed by atoms with Crippen LogP contribution in [0.4, 0.5) is 0 Å². The number of ether oxygens (including phenoxy) is 3. The van der Waals surface area contributed by atoms with Gasteiger partial charge in [-0.05, 0) is 44.9 Å². The zero-order chi connectivity index (χ0) is 25.4. The fraction of sp³-hybridized carbons (Fsp3) is 0.583. The molecule has 1 aromatic rings. The summed E-state index contributed by atoms with van der Waals surface area (Å²) < 4.78 is 15.9. The van der Waals surface area contributed by atoms with Crippen LogP contribution >= 0.6 is 0 Å². The van der Waals surface area contributed by atoms with Crippen molar-refractivity contribution in [2.24, 2.45) is 11.1 Å². The number of esters is 3. The largest absolute Gasteiger partial charge is 0.480 e. The summed E-state index contributed by atoms with van der Waals surface area (Å²) in [6.07, 6.45) is -0.228. The van der Waals surface area contributed by atoms with Gasteiger partial charge in [-0.3, -0.25) is 19.2 Å². The molecule has 1 aromatic carbocycles. The smallest absolute Gasteiger partial charge is 0.324 e. The summed E-state index contributed by atoms with van der Waals surface area (Å²) in [6, 6.07) is 4.40. The second-order valence-corrected chi connectivity index (χ2v) is 8.73. The van der Waals surface area contributed by atoms with Gasteiger partial charge < -0.3 is 25.1 Å². The second kappa shape index (κ2) is 11.8. The Balaban J connectivity index is 3.15. The predicted molar refractivity (Wildman–Crippen MR) is 121 cm³/mol. The lowest BCUT2D eigenvalue weighted by molar-refractivity contribution is -0.162. The molecule has 1 rings (SSSR count). The monoisotopic (exact) mass is 465 g/mol. The van der Waals surface area contributed by atoms with Gasteiger partial charge in [0.05, 0.1) is 5.41 Å². The van der Waals surface area contributed by atoms with E-state index in [1.165, 1.54) is 12.1 Å². The van der Waals surface area contributed by atoms with Gasteiger partial charge in [0.1, 0.15) is 11.6 Å². The number of hydrogen-bond donors (Lipinski definition) is 2. The lowest BCUT2D eigenvalue weighted by atomic mass is 9.86. The van der Waals surface area contributed by atoms with E-state index in [1.54, 1.807) is 40.7 Å². The maximum atomic E-state index is 12.3. The molecule has 0 saturated heterocycles. The molecule has 0 fully saturated rings. The minimum absolute atomic E-state index is 0.00180. The standard InChI is InChI=1S/C24H35NO8/c1-7-19(26)32-17-11-10-16(12-18(17)33-20(27)8-2)14-24(25,21(28)29)13-15(4)31-22(30)23(5,6)9-3/h10-12,15H,7-9,13-14,25H2,1-6H3,(H,28,29)/t15-,24?/m0/s1. The van der Waals surface area contributed by atoms with Gasteiger partial charge in [-0.15, -0.1) is 0 Å². The third-order valence-electron chi connectivity index (χ3n) is 5.37. The third-order valence-corrected chi connectivity index (χ3v) is 5.37. The molecule has 0 radical (unpaired) electrons. The summed E-state index contributed by atoms with van der Waals surface area (Å²) >= 11 is 0. The molecule has 0 heterocycles. The lowest BCUT2D eigenvalue weighted by Crippen LogP contribution is -2.52. The van der Waals surface area contributed by atoms with Crippen LogP contribution in [0.25, 0.3) is 0 Å². The summed E-state index contributed by atoms with van der Waals surface area (Å²) in [4.78, 5) is 47.9. The second-order valence-electron chi connectivity index (χ2n) is 8.73. The van der Waals surface area contributed by atoms with Crippen molar-refractivity contribution in [2.75, 3.05) is 0 Å². The van der Waals surface area contributed by atoms with Crippen molar-refractivity contribution in [1.82, 2.24) is 0 Å². The SMILES string of the molecule is CCC(=O)Oc1ccc(CC(N)(C[C@H](C)OC(=O)C(C)(C)CC)C(=O)O)cc1OC(=O)CC. The maximum Gasteiger partial charge on any atom is 0.324 e. The fourth-order valence-corrected chi connectivity index (χ4v) is 2.86. The van der Waals surface area contributed by atoms with Gasteiger partial charge in [0, 0.05) is 25.7 Å². The molecule has 1 unspecified atom stereocenters. The predicted octanol–water partition coefficient (Wildman–Crippen LogP) is 3.40. The summed E-state index contributed by atoms with van der Waals surface area (Å²) in [5.41, 5.74) is 4.22. The molecule has 9 heteroatoms. The molecule has 3 N–H and O–H groups in total. The van der Waals surface area contributed by atoms with Crippen LogP contribution in [0, 0.1) is 5.41 Å². The topological polar surface area (TPSA) is 142 Å². The van der Waals surface area contributed by atoms with E-state index >= 15 is 0 Å². The van der Waals surface area contributed by atoms with Gasteiger partial charge in [-0.25, -0.2) is 0 Å². The van der Waals surface area contributed by atoms with E-state index < -0.39 is 40.9 Å². The number of nitrogens with two attached hydrogens (primary N) is 1. The molecule has 0 bridgehead atoms. The molecule has 0 spiro atoms. The first kappa shape index (κ1) is 28.1. The van der Waals surface area contributed by atoms with Crippen LogP contribution in [0.3, 0.4) is 0 Å². The van der Waals surface area contributed by atoms with Crippen LogP contribution in [0.2, 0.25) is 0 Å². The Morgan fingerprint density at radius 2 is 1.55 bits per heavy atom. The Bertz CT molecular complexity index is 879. The average molecular weight is 466 g/mol. The van der Waals surface area contributed by atoms with Crippen molar-refractivity contribution in [2.45, 2.75) is 85.3 Å². The van der Waals surface area contributed by atoms with E-state index in [9.17, 15) is 24.3 Å². The lowest BCUT2D eigenvalue weighted by Gasteiger charge is -2.30. The zero-order valence-corrected chi connectivity index (χ0v) is 20.2. The third kappa shape index (κ3) is 8.16. The van der Waals surface area contributed by atoms with Crippen LogP contribution in [-0.2, 0) is 30.3 Å². The summed E-state index contributed by atoms with van der Waals surface area (Å²) in [5.74, 6) is -2.71. The molecule has 0 aromatic heterocycles. The van der Waals surface area contributed by atoms with Gasteiger partial charge in [-0.1, -0.05) is 26.8 Å². The van der Waals surface area contributed by atoms with Crippen LogP contribution in [-0.4, -0.2) is 40.6 Å². The molecule has 0 aliphatic heterocycles. The van der Waals surface area contributed by atoms with Gasteiger partial charge in [-0.2, -0.15) is 0 Å². The molecular formula is C24H35NO8. The molecule has 9 nitrogen and oxygen atoms in total. The minimum Gasteiger partial charge on any atom is -0.480 e. The number of carbonyl (C=O) groups excluding carboxylic acids is 3. The highest BCUT2D eigenvalue weighted by Gasteiger charge is 2.38. The van der Waals surface area contributed by atoms with Gasteiger partial charge in [0.2, 0.25) is 0 Å². The Hall–Kier alpha value is -2.94. The highest BCUT2D eigenvalue weighted by atomic mass is 16.6. The van der Waals surface area contributed by atoms with Crippen molar-refractivity contribution in [3.63, 3.8) is 0 Å². The van der Waals surface area contributed by atoms with Crippen molar-refractivity contribution < 1.29 is 38.5 Å². The van der Waals surface area contributed by atoms with Crippen LogP contribution in [0.5, 0.6) is 11.5 Å². The van der Waals surface area contributed by atoms with E-state index in [-0.39, 0.29) is 37.2 Å². The number of carbonyl (C=O) groups is 4. The number of carboxylic acid groups (broad SMARTS) is 1.